The van der Waals surface area contributed by atoms with Crippen LogP contribution < -0.4 is 0 Å². The number of rotatable bonds is 3. The quantitative estimate of drug-likeness (QED) is 0.196. The molecular weight excluding hydrogens is 601 g/mol. The van der Waals surface area contributed by atoms with Crippen molar-refractivity contribution in [2.45, 2.75) is 0 Å². The van der Waals surface area contributed by atoms with E-state index < -0.39 is 0 Å². The van der Waals surface area contributed by atoms with Crippen LogP contribution in [-0.4, -0.2) is 9.55 Å². The second-order valence-electron chi connectivity index (χ2n) is 12.7. The summed E-state index contributed by atoms with van der Waals surface area (Å²) in [5.74, 6) is 0.578. The van der Waals surface area contributed by atoms with E-state index in [1.54, 1.807) is 0 Å². The molecule has 0 unspecified atom stereocenters. The van der Waals surface area contributed by atoms with Crippen molar-refractivity contribution < 1.29 is 8.83 Å². The van der Waals surface area contributed by atoms with Gasteiger partial charge in [-0.05, 0) is 81.7 Å². The number of benzene rings is 8. The summed E-state index contributed by atoms with van der Waals surface area (Å²) in [6.45, 7) is 0. The van der Waals surface area contributed by atoms with Crippen LogP contribution in [0.3, 0.4) is 0 Å². The summed E-state index contributed by atoms with van der Waals surface area (Å²) < 4.78 is 15.5. The number of furan rings is 1. The normalized spacial score (nSPS) is 12.1. The average Bonchev–Trinajstić information content (AvgIpc) is 3.86. The largest absolute Gasteiger partial charge is 0.456 e. The van der Waals surface area contributed by atoms with Crippen LogP contribution in [0.4, 0.5) is 0 Å². The van der Waals surface area contributed by atoms with Crippen LogP contribution in [-0.2, 0) is 0 Å². The third-order valence-corrected chi connectivity index (χ3v) is 10.0. The molecule has 0 spiro atoms. The second kappa shape index (κ2) is 9.93. The summed E-state index contributed by atoms with van der Waals surface area (Å²) in [6, 6.07) is 55.5. The van der Waals surface area contributed by atoms with Crippen molar-refractivity contribution in [3.8, 4) is 28.3 Å². The van der Waals surface area contributed by atoms with Gasteiger partial charge in [0.05, 0.1) is 16.4 Å². The Morgan fingerprint density at radius 2 is 1.14 bits per heavy atom. The maximum Gasteiger partial charge on any atom is 0.227 e. The number of oxazole rings is 1. The van der Waals surface area contributed by atoms with Crippen LogP contribution in [0.25, 0.3) is 105 Å². The average molecular weight is 627 g/mol. The van der Waals surface area contributed by atoms with E-state index in [1.165, 1.54) is 43.4 Å². The molecule has 0 radical (unpaired) electrons. The van der Waals surface area contributed by atoms with Crippen LogP contribution in [0.5, 0.6) is 0 Å². The highest BCUT2D eigenvalue weighted by Crippen LogP contribution is 2.43. The van der Waals surface area contributed by atoms with Crippen molar-refractivity contribution in [1.82, 2.24) is 9.55 Å². The van der Waals surface area contributed by atoms with E-state index in [1.807, 2.05) is 18.2 Å². The van der Waals surface area contributed by atoms with Gasteiger partial charge in [-0.1, -0.05) is 103 Å². The first-order valence-electron chi connectivity index (χ1n) is 16.5. The van der Waals surface area contributed by atoms with Crippen molar-refractivity contribution in [2.24, 2.45) is 0 Å². The van der Waals surface area contributed by atoms with E-state index in [0.717, 1.165) is 55.4 Å². The summed E-state index contributed by atoms with van der Waals surface area (Å²) in [5, 5.41) is 9.36. The molecule has 8 aromatic carbocycles. The molecule has 4 heteroatoms. The van der Waals surface area contributed by atoms with E-state index in [2.05, 4.69) is 144 Å². The third-order valence-electron chi connectivity index (χ3n) is 10.0. The smallest absolute Gasteiger partial charge is 0.227 e. The lowest BCUT2D eigenvalue weighted by Gasteiger charge is -2.09. The lowest BCUT2D eigenvalue weighted by atomic mass is 9.98. The van der Waals surface area contributed by atoms with Gasteiger partial charge in [-0.15, -0.1) is 0 Å². The molecule has 4 nitrogen and oxygen atoms in total. The number of hydrogen-bond acceptors (Lipinski definition) is 3. The molecular formula is C45H26N2O2. The van der Waals surface area contributed by atoms with Gasteiger partial charge >= 0.3 is 0 Å². The first kappa shape index (κ1) is 26.4. The predicted molar refractivity (Wildman–Crippen MR) is 202 cm³/mol. The fraction of sp³-hybridized carbons (Fsp3) is 0. The van der Waals surface area contributed by atoms with Gasteiger partial charge in [-0.25, -0.2) is 4.98 Å². The molecule has 0 amide bonds. The third kappa shape index (κ3) is 3.83. The van der Waals surface area contributed by atoms with Crippen molar-refractivity contribution in [1.29, 1.82) is 0 Å². The molecule has 0 aliphatic rings. The molecule has 0 aliphatic heterocycles. The van der Waals surface area contributed by atoms with E-state index in [9.17, 15) is 0 Å². The minimum absolute atomic E-state index is 0.578. The summed E-state index contributed by atoms with van der Waals surface area (Å²) in [4.78, 5) is 5.19. The van der Waals surface area contributed by atoms with Crippen molar-refractivity contribution in [3.05, 3.63) is 158 Å². The molecule has 3 heterocycles. The number of fused-ring (bicyclic) bond motifs is 11. The molecule has 0 N–H and O–H groups in total. The predicted octanol–water partition coefficient (Wildman–Crippen LogP) is 12.5. The van der Waals surface area contributed by atoms with Crippen LogP contribution in [0.2, 0.25) is 0 Å². The standard InChI is InChI=1S/C45H26N2O2/c1-2-11-30-25-31(18-17-27(30)9-1)36-26-40-42(35-14-6-8-16-39(35)48-40)44-43(36)46-45(49-44)29-19-22-32(23-20-29)47-37-15-7-5-13-34(37)41-33-12-4-3-10-28(33)21-24-38(41)47/h1-26H. The van der Waals surface area contributed by atoms with Crippen LogP contribution in [0, 0.1) is 0 Å². The molecule has 0 atom stereocenters. The van der Waals surface area contributed by atoms with Gasteiger partial charge in [-0.3, -0.25) is 0 Å². The Hall–Kier alpha value is -6.65. The Kier molecular flexibility index (Phi) is 5.35. The minimum Gasteiger partial charge on any atom is -0.456 e. The Bertz CT molecular complexity index is 3100. The highest BCUT2D eigenvalue weighted by atomic mass is 16.4. The number of para-hydroxylation sites is 2. The first-order valence-corrected chi connectivity index (χ1v) is 16.5. The zero-order chi connectivity index (χ0) is 32.1. The fourth-order valence-electron chi connectivity index (χ4n) is 7.74. The van der Waals surface area contributed by atoms with Crippen molar-refractivity contribution in [3.63, 3.8) is 0 Å². The summed E-state index contributed by atoms with van der Waals surface area (Å²) in [6.07, 6.45) is 0. The Morgan fingerprint density at radius 3 is 2.02 bits per heavy atom. The van der Waals surface area contributed by atoms with Crippen LogP contribution in [0.15, 0.2) is 167 Å². The SMILES string of the molecule is c1ccc2cc(-c3cc4oc5ccccc5c4c4oc(-c5ccc(-n6c7ccccc7c7c8ccccc8ccc76)cc5)nc34)ccc2c1. The molecule has 0 aliphatic carbocycles. The van der Waals surface area contributed by atoms with Gasteiger partial charge in [0.1, 0.15) is 16.7 Å². The van der Waals surface area contributed by atoms with E-state index in [-0.39, 0.29) is 0 Å². The zero-order valence-electron chi connectivity index (χ0n) is 26.2. The van der Waals surface area contributed by atoms with Crippen LogP contribution in [0.1, 0.15) is 0 Å². The van der Waals surface area contributed by atoms with Gasteiger partial charge in [0.25, 0.3) is 0 Å². The van der Waals surface area contributed by atoms with Gasteiger partial charge in [0, 0.05) is 33.0 Å². The summed E-state index contributed by atoms with van der Waals surface area (Å²) in [7, 11) is 0. The molecule has 0 saturated heterocycles. The zero-order valence-corrected chi connectivity index (χ0v) is 26.2. The number of aromatic nitrogens is 2. The van der Waals surface area contributed by atoms with Crippen molar-refractivity contribution in [2.75, 3.05) is 0 Å². The summed E-state index contributed by atoms with van der Waals surface area (Å²) in [5.41, 5.74) is 9.59. The maximum absolute atomic E-state index is 6.72. The molecule has 3 aromatic heterocycles. The summed E-state index contributed by atoms with van der Waals surface area (Å²) >= 11 is 0. The number of hydrogen-bond donors (Lipinski definition) is 0. The van der Waals surface area contributed by atoms with Crippen LogP contribution >= 0.6 is 0 Å². The molecule has 0 saturated carbocycles. The second-order valence-corrected chi connectivity index (χ2v) is 12.7. The molecule has 0 bridgehead atoms. The minimum atomic E-state index is 0.578. The van der Waals surface area contributed by atoms with Crippen molar-refractivity contribution >= 4 is 76.4 Å². The Labute approximate surface area is 280 Å². The van der Waals surface area contributed by atoms with Gasteiger partial charge < -0.3 is 13.4 Å². The van der Waals surface area contributed by atoms with E-state index in [4.69, 9.17) is 13.8 Å². The lowest BCUT2D eigenvalue weighted by molar-refractivity contribution is 0.622. The Morgan fingerprint density at radius 1 is 0.449 bits per heavy atom. The molecule has 11 rings (SSSR count). The lowest BCUT2D eigenvalue weighted by Crippen LogP contribution is -1.93. The van der Waals surface area contributed by atoms with Gasteiger partial charge in [0.2, 0.25) is 5.89 Å². The van der Waals surface area contributed by atoms with Gasteiger partial charge in [-0.2, -0.15) is 0 Å². The fourth-order valence-corrected chi connectivity index (χ4v) is 7.74. The Balaban J connectivity index is 1.11. The van der Waals surface area contributed by atoms with Gasteiger partial charge in [0.15, 0.2) is 5.58 Å². The highest BCUT2D eigenvalue weighted by Gasteiger charge is 2.22. The molecule has 49 heavy (non-hydrogen) atoms. The highest BCUT2D eigenvalue weighted by molar-refractivity contribution is 6.22. The first-order chi connectivity index (χ1) is 24.3. The number of nitrogens with zero attached hydrogens (tertiary/aromatic N) is 2. The monoisotopic (exact) mass is 626 g/mol. The molecule has 228 valence electrons. The van der Waals surface area contributed by atoms with E-state index in [0.29, 0.717) is 5.89 Å². The maximum atomic E-state index is 6.72. The van der Waals surface area contributed by atoms with E-state index >= 15 is 0 Å². The molecule has 0 fully saturated rings. The topological polar surface area (TPSA) is 44.1 Å². The molecule has 11 aromatic rings.